The minimum Gasteiger partial charge on any atom is -0.268 e. The average Bonchev–Trinajstić information content (AvgIpc) is 3.16. The molecule has 0 spiro atoms. The third kappa shape index (κ3) is 2.40. The Morgan fingerprint density at radius 1 is 0.966 bits per heavy atom. The van der Waals surface area contributed by atoms with Crippen LogP contribution < -0.4 is 4.90 Å². The molecule has 2 aromatic carbocycles. The molecule has 29 heavy (non-hydrogen) atoms. The molecule has 0 radical (unpaired) electrons. The van der Waals surface area contributed by atoms with E-state index in [9.17, 15) is 14.0 Å². The molecule has 0 atom stereocenters. The lowest BCUT2D eigenvalue weighted by Crippen LogP contribution is -2.29. The van der Waals surface area contributed by atoms with E-state index in [1.807, 2.05) is 13.0 Å². The number of hydrogen-bond donors (Lipinski definition) is 0. The monoisotopic (exact) mass is 386 g/mol. The zero-order chi connectivity index (χ0) is 20.3. The number of fused-ring (bicyclic) bond motifs is 3. The number of pyridine rings is 1. The summed E-state index contributed by atoms with van der Waals surface area (Å²) in [4.78, 5) is 31.8. The Bertz CT molecular complexity index is 1340. The van der Waals surface area contributed by atoms with E-state index in [4.69, 9.17) is 0 Å². The zero-order valence-corrected chi connectivity index (χ0v) is 15.7. The SMILES string of the molecule is Cc1cccc(N2C(=O)c3cnc4c(c(C)nn4-c4ccccc4F)c3C2=O)c1. The van der Waals surface area contributed by atoms with Crippen molar-refractivity contribution < 1.29 is 14.0 Å². The molecule has 0 fully saturated rings. The summed E-state index contributed by atoms with van der Waals surface area (Å²) in [6, 6.07) is 13.4. The highest BCUT2D eigenvalue weighted by Gasteiger charge is 2.40. The molecule has 0 bridgehead atoms. The lowest BCUT2D eigenvalue weighted by atomic mass is 10.1. The van der Waals surface area contributed by atoms with Crippen LogP contribution >= 0.6 is 0 Å². The summed E-state index contributed by atoms with van der Waals surface area (Å²) >= 11 is 0. The van der Waals surface area contributed by atoms with Gasteiger partial charge in [0.1, 0.15) is 11.5 Å². The lowest BCUT2D eigenvalue weighted by molar-refractivity contribution is 0.0926. The number of hydrogen-bond acceptors (Lipinski definition) is 4. The van der Waals surface area contributed by atoms with E-state index in [-0.39, 0.29) is 16.8 Å². The van der Waals surface area contributed by atoms with Crippen molar-refractivity contribution in [3.05, 3.63) is 82.9 Å². The normalized spacial score (nSPS) is 13.4. The van der Waals surface area contributed by atoms with Crippen molar-refractivity contribution in [1.82, 2.24) is 14.8 Å². The number of carbonyl (C=O) groups is 2. The predicted molar refractivity (Wildman–Crippen MR) is 106 cm³/mol. The van der Waals surface area contributed by atoms with Crippen LogP contribution in [0.15, 0.2) is 54.7 Å². The zero-order valence-electron chi connectivity index (χ0n) is 15.7. The van der Waals surface area contributed by atoms with Crippen LogP contribution in [0, 0.1) is 19.7 Å². The first-order valence-corrected chi connectivity index (χ1v) is 9.06. The number of nitrogens with zero attached hydrogens (tertiary/aromatic N) is 4. The Balaban J connectivity index is 1.74. The number of halogens is 1. The fraction of sp³-hybridized carbons (Fsp3) is 0.0909. The molecule has 7 heteroatoms. The molecule has 0 N–H and O–H groups in total. The Kier molecular flexibility index (Phi) is 3.61. The van der Waals surface area contributed by atoms with Gasteiger partial charge in [0, 0.05) is 6.20 Å². The average molecular weight is 386 g/mol. The smallest absolute Gasteiger partial charge is 0.267 e. The van der Waals surface area contributed by atoms with Crippen molar-refractivity contribution in [3.63, 3.8) is 0 Å². The predicted octanol–water partition coefficient (Wildman–Crippen LogP) is 3.98. The second kappa shape index (κ2) is 6.07. The molecule has 4 aromatic rings. The van der Waals surface area contributed by atoms with Gasteiger partial charge in [0.2, 0.25) is 0 Å². The van der Waals surface area contributed by atoms with Crippen molar-refractivity contribution >= 4 is 28.5 Å². The first-order chi connectivity index (χ1) is 14.0. The molecule has 1 aliphatic rings. The largest absolute Gasteiger partial charge is 0.268 e. The van der Waals surface area contributed by atoms with Crippen LogP contribution in [0.5, 0.6) is 0 Å². The standard InChI is InChI=1S/C22H15FN4O2/c1-12-6-5-7-14(10-12)26-21(28)15-11-24-20-18(19(15)22(26)29)13(2)25-27(20)17-9-4-3-8-16(17)23/h3-11H,1-2H3. The minimum atomic E-state index is -0.456. The van der Waals surface area contributed by atoms with E-state index in [0.717, 1.165) is 10.5 Å². The Morgan fingerprint density at radius 2 is 1.76 bits per heavy atom. The maximum absolute atomic E-state index is 14.3. The number of para-hydroxylation sites is 1. The topological polar surface area (TPSA) is 68.1 Å². The van der Waals surface area contributed by atoms with Crippen LogP contribution in [-0.2, 0) is 0 Å². The van der Waals surface area contributed by atoms with Gasteiger partial charge in [-0.3, -0.25) is 9.59 Å². The van der Waals surface area contributed by atoms with E-state index in [0.29, 0.717) is 22.4 Å². The molecule has 0 saturated carbocycles. The van der Waals surface area contributed by atoms with E-state index >= 15 is 0 Å². The van der Waals surface area contributed by atoms with Crippen molar-refractivity contribution in [2.45, 2.75) is 13.8 Å². The highest BCUT2D eigenvalue weighted by molar-refractivity contribution is 6.37. The molecule has 6 nitrogen and oxygen atoms in total. The molecular formula is C22H15FN4O2. The number of carbonyl (C=O) groups excluding carboxylic acids is 2. The number of anilines is 1. The lowest BCUT2D eigenvalue weighted by Gasteiger charge is -2.14. The molecule has 0 saturated heterocycles. The molecule has 1 aliphatic heterocycles. The summed E-state index contributed by atoms with van der Waals surface area (Å²) in [5.74, 6) is -1.31. The summed E-state index contributed by atoms with van der Waals surface area (Å²) < 4.78 is 15.7. The van der Waals surface area contributed by atoms with Gasteiger partial charge in [0.15, 0.2) is 5.65 Å². The van der Waals surface area contributed by atoms with Gasteiger partial charge in [-0.25, -0.2) is 19.0 Å². The van der Waals surface area contributed by atoms with Gasteiger partial charge in [-0.1, -0.05) is 24.3 Å². The fourth-order valence-electron chi connectivity index (χ4n) is 3.75. The Labute approximate surface area is 165 Å². The molecule has 2 aromatic heterocycles. The van der Waals surface area contributed by atoms with E-state index < -0.39 is 17.6 Å². The number of aromatic nitrogens is 3. The van der Waals surface area contributed by atoms with Crippen LogP contribution in [0.4, 0.5) is 10.1 Å². The summed E-state index contributed by atoms with van der Waals surface area (Å²) in [5, 5.41) is 4.86. The van der Waals surface area contributed by atoms with Gasteiger partial charge in [0.25, 0.3) is 11.8 Å². The van der Waals surface area contributed by atoms with E-state index in [2.05, 4.69) is 10.1 Å². The number of imide groups is 1. The maximum Gasteiger partial charge on any atom is 0.267 e. The number of aryl methyl sites for hydroxylation is 2. The molecule has 0 unspecified atom stereocenters. The Morgan fingerprint density at radius 3 is 2.52 bits per heavy atom. The molecule has 0 aliphatic carbocycles. The first kappa shape index (κ1) is 17.2. The Hall–Kier alpha value is -3.87. The number of rotatable bonds is 2. The molecular weight excluding hydrogens is 371 g/mol. The molecule has 142 valence electrons. The van der Waals surface area contributed by atoms with Crippen LogP contribution in [0.3, 0.4) is 0 Å². The van der Waals surface area contributed by atoms with Crippen LogP contribution in [0.2, 0.25) is 0 Å². The summed E-state index contributed by atoms with van der Waals surface area (Å²) in [6.07, 6.45) is 1.37. The summed E-state index contributed by atoms with van der Waals surface area (Å²) in [5.41, 5.74) is 2.97. The van der Waals surface area contributed by atoms with Gasteiger partial charge < -0.3 is 0 Å². The minimum absolute atomic E-state index is 0.222. The molecule has 3 heterocycles. The van der Waals surface area contributed by atoms with Crippen molar-refractivity contribution in [1.29, 1.82) is 0 Å². The quantitative estimate of drug-likeness (QED) is 0.489. The number of amides is 2. The van der Waals surface area contributed by atoms with Crippen molar-refractivity contribution in [3.8, 4) is 5.69 Å². The van der Waals surface area contributed by atoms with Crippen molar-refractivity contribution in [2.75, 3.05) is 4.90 Å². The highest BCUT2D eigenvalue weighted by atomic mass is 19.1. The van der Waals surface area contributed by atoms with Crippen LogP contribution in [-0.4, -0.2) is 26.6 Å². The molecule has 2 amide bonds. The molecule has 5 rings (SSSR count). The van der Waals surface area contributed by atoms with E-state index in [1.165, 1.54) is 16.9 Å². The van der Waals surface area contributed by atoms with Gasteiger partial charge >= 0.3 is 0 Å². The van der Waals surface area contributed by atoms with Crippen LogP contribution in [0.1, 0.15) is 32.0 Å². The van der Waals surface area contributed by atoms with Crippen LogP contribution in [0.25, 0.3) is 16.7 Å². The summed E-state index contributed by atoms with van der Waals surface area (Å²) in [6.45, 7) is 3.61. The second-order valence-electron chi connectivity index (χ2n) is 6.98. The van der Waals surface area contributed by atoms with Gasteiger partial charge in [-0.15, -0.1) is 0 Å². The third-order valence-electron chi connectivity index (χ3n) is 5.06. The maximum atomic E-state index is 14.3. The van der Waals surface area contributed by atoms with Gasteiger partial charge in [-0.05, 0) is 43.7 Å². The third-order valence-corrected chi connectivity index (χ3v) is 5.06. The summed E-state index contributed by atoms with van der Waals surface area (Å²) in [7, 11) is 0. The van der Waals surface area contributed by atoms with Gasteiger partial charge in [-0.2, -0.15) is 5.10 Å². The van der Waals surface area contributed by atoms with Gasteiger partial charge in [0.05, 0.1) is 27.9 Å². The second-order valence-corrected chi connectivity index (χ2v) is 6.98. The van der Waals surface area contributed by atoms with Crippen molar-refractivity contribution in [2.24, 2.45) is 0 Å². The van der Waals surface area contributed by atoms with E-state index in [1.54, 1.807) is 43.3 Å². The highest BCUT2D eigenvalue weighted by Crippen LogP contribution is 2.34. The fourth-order valence-corrected chi connectivity index (χ4v) is 3.75. The first-order valence-electron chi connectivity index (χ1n) is 9.06. The number of benzene rings is 2.